The standard InChI is InChI=1S/C19H22N2O5/c1-19(2,3)26-18(23)20-16(15-9-11-21(24)12-10-15)17(22)25-13-14-7-5-4-6-8-14/h4-12,16H,13H2,1-3H3,(H,20,23). The molecule has 0 spiro atoms. The Morgan fingerprint density at radius 3 is 2.31 bits per heavy atom. The molecule has 2 rings (SSSR count). The lowest BCUT2D eigenvalue weighted by atomic mass is 10.1. The molecule has 1 aromatic heterocycles. The van der Waals surface area contributed by atoms with Gasteiger partial charge in [-0.3, -0.25) is 0 Å². The first kappa shape index (κ1) is 19.2. The van der Waals surface area contributed by atoms with Gasteiger partial charge in [-0.1, -0.05) is 30.3 Å². The molecular formula is C19H22N2O5. The van der Waals surface area contributed by atoms with Gasteiger partial charge in [0.15, 0.2) is 18.4 Å². The van der Waals surface area contributed by atoms with E-state index in [9.17, 15) is 14.8 Å². The third-order valence-corrected chi connectivity index (χ3v) is 3.28. The summed E-state index contributed by atoms with van der Waals surface area (Å²) in [6, 6.07) is 11.0. The number of nitrogens with zero attached hydrogens (tertiary/aromatic N) is 1. The molecule has 0 fully saturated rings. The summed E-state index contributed by atoms with van der Waals surface area (Å²) >= 11 is 0. The molecule has 0 bridgehead atoms. The largest absolute Gasteiger partial charge is 0.619 e. The van der Waals surface area contributed by atoms with Crippen LogP contribution in [0.3, 0.4) is 0 Å². The van der Waals surface area contributed by atoms with Gasteiger partial charge in [0, 0.05) is 12.1 Å². The second kappa shape index (κ2) is 8.33. The molecule has 0 aliphatic carbocycles. The van der Waals surface area contributed by atoms with Crippen LogP contribution < -0.4 is 10.0 Å². The van der Waals surface area contributed by atoms with E-state index in [0.29, 0.717) is 10.3 Å². The maximum atomic E-state index is 12.5. The number of hydrogen-bond acceptors (Lipinski definition) is 5. The van der Waals surface area contributed by atoms with E-state index in [1.807, 2.05) is 30.3 Å². The number of benzene rings is 1. The van der Waals surface area contributed by atoms with E-state index in [1.165, 1.54) is 24.5 Å². The summed E-state index contributed by atoms with van der Waals surface area (Å²) in [5, 5.41) is 13.7. The molecule has 26 heavy (non-hydrogen) atoms. The maximum Gasteiger partial charge on any atom is 0.408 e. The van der Waals surface area contributed by atoms with Crippen LogP contribution in [0.25, 0.3) is 0 Å². The van der Waals surface area contributed by atoms with Crippen LogP contribution in [0, 0.1) is 5.21 Å². The zero-order valence-corrected chi connectivity index (χ0v) is 15.0. The molecule has 0 aliphatic rings. The van der Waals surface area contributed by atoms with Crippen LogP contribution in [0.1, 0.15) is 37.9 Å². The third kappa shape index (κ3) is 6.08. The Labute approximate surface area is 152 Å². The van der Waals surface area contributed by atoms with Crippen molar-refractivity contribution in [1.29, 1.82) is 0 Å². The normalized spacial score (nSPS) is 12.1. The van der Waals surface area contributed by atoms with Crippen molar-refractivity contribution in [1.82, 2.24) is 5.32 Å². The molecule has 1 heterocycles. The summed E-state index contributed by atoms with van der Waals surface area (Å²) in [4.78, 5) is 24.6. The molecule has 2 aromatic rings. The minimum Gasteiger partial charge on any atom is -0.619 e. The van der Waals surface area contributed by atoms with E-state index in [2.05, 4.69) is 5.32 Å². The summed E-state index contributed by atoms with van der Waals surface area (Å²) in [7, 11) is 0. The number of aromatic nitrogens is 1. The number of esters is 1. The van der Waals surface area contributed by atoms with Gasteiger partial charge in [-0.25, -0.2) is 9.59 Å². The summed E-state index contributed by atoms with van der Waals surface area (Å²) in [5.74, 6) is -0.650. The average molecular weight is 358 g/mol. The van der Waals surface area contributed by atoms with Gasteiger partial charge in [0.2, 0.25) is 0 Å². The van der Waals surface area contributed by atoms with Crippen LogP contribution in [-0.2, 0) is 20.9 Å². The van der Waals surface area contributed by atoms with Crippen molar-refractivity contribution in [2.24, 2.45) is 0 Å². The summed E-state index contributed by atoms with van der Waals surface area (Å²) in [6.07, 6.45) is 1.73. The van der Waals surface area contributed by atoms with E-state index < -0.39 is 23.7 Å². The predicted octanol–water partition coefficient (Wildman–Crippen LogP) is 2.63. The van der Waals surface area contributed by atoms with Crippen LogP contribution in [0.5, 0.6) is 0 Å². The molecule has 138 valence electrons. The molecule has 1 unspecified atom stereocenters. The highest BCUT2D eigenvalue weighted by molar-refractivity contribution is 5.82. The minimum absolute atomic E-state index is 0.0700. The number of amides is 1. The first-order valence-electron chi connectivity index (χ1n) is 8.13. The molecule has 1 aromatic carbocycles. The van der Waals surface area contributed by atoms with Gasteiger partial charge >= 0.3 is 12.1 Å². The zero-order valence-electron chi connectivity index (χ0n) is 15.0. The van der Waals surface area contributed by atoms with Crippen LogP contribution in [0.15, 0.2) is 54.9 Å². The minimum atomic E-state index is -1.09. The summed E-state index contributed by atoms with van der Waals surface area (Å²) in [5.41, 5.74) is 0.528. The monoisotopic (exact) mass is 358 g/mol. The molecule has 0 radical (unpaired) electrons. The predicted molar refractivity (Wildman–Crippen MR) is 93.8 cm³/mol. The molecule has 1 atom stereocenters. The molecule has 7 heteroatoms. The van der Waals surface area contributed by atoms with Crippen molar-refractivity contribution in [3.8, 4) is 0 Å². The lowest BCUT2D eigenvalue weighted by Gasteiger charge is -2.23. The Balaban J connectivity index is 2.12. The van der Waals surface area contributed by atoms with Gasteiger partial charge in [0.05, 0.1) is 0 Å². The number of ether oxygens (including phenoxy) is 2. The van der Waals surface area contributed by atoms with Gasteiger partial charge in [0.25, 0.3) is 0 Å². The first-order valence-corrected chi connectivity index (χ1v) is 8.13. The number of pyridine rings is 1. The topological polar surface area (TPSA) is 91.6 Å². The molecule has 0 saturated carbocycles. The molecule has 1 amide bonds. The second-order valence-corrected chi connectivity index (χ2v) is 6.66. The van der Waals surface area contributed by atoms with Gasteiger partial charge in [-0.05, 0) is 31.9 Å². The highest BCUT2D eigenvalue weighted by atomic mass is 16.6. The zero-order chi connectivity index (χ0) is 19.2. The van der Waals surface area contributed by atoms with Crippen molar-refractivity contribution in [2.45, 2.75) is 39.0 Å². The van der Waals surface area contributed by atoms with Crippen LogP contribution >= 0.6 is 0 Å². The van der Waals surface area contributed by atoms with Crippen LogP contribution in [0.2, 0.25) is 0 Å². The average Bonchev–Trinajstić information content (AvgIpc) is 2.58. The number of nitrogens with one attached hydrogen (secondary N) is 1. The fourth-order valence-corrected chi connectivity index (χ4v) is 2.13. The highest BCUT2D eigenvalue weighted by Gasteiger charge is 2.27. The van der Waals surface area contributed by atoms with Gasteiger partial charge < -0.3 is 20.0 Å². The van der Waals surface area contributed by atoms with Crippen molar-refractivity contribution >= 4 is 12.1 Å². The Hall–Kier alpha value is -3.09. The quantitative estimate of drug-likeness (QED) is 0.504. The Morgan fingerprint density at radius 1 is 1.12 bits per heavy atom. The van der Waals surface area contributed by atoms with Crippen LogP contribution in [0.4, 0.5) is 4.79 Å². The molecule has 1 N–H and O–H groups in total. The number of carbonyl (C=O) groups is 2. The van der Waals surface area contributed by atoms with Crippen molar-refractivity contribution < 1.29 is 23.8 Å². The second-order valence-electron chi connectivity index (χ2n) is 6.66. The van der Waals surface area contributed by atoms with Gasteiger partial charge in [0.1, 0.15) is 12.2 Å². The lowest BCUT2D eigenvalue weighted by molar-refractivity contribution is -0.605. The van der Waals surface area contributed by atoms with E-state index >= 15 is 0 Å². The van der Waals surface area contributed by atoms with Gasteiger partial charge in [-0.15, -0.1) is 0 Å². The van der Waals surface area contributed by atoms with Crippen molar-refractivity contribution in [3.05, 3.63) is 71.2 Å². The fourth-order valence-electron chi connectivity index (χ4n) is 2.13. The maximum absolute atomic E-state index is 12.5. The number of alkyl carbamates (subject to hydrolysis) is 1. The van der Waals surface area contributed by atoms with Gasteiger partial charge in [-0.2, -0.15) is 4.73 Å². The molecule has 0 aliphatic heterocycles. The molecule has 0 saturated heterocycles. The highest BCUT2D eigenvalue weighted by Crippen LogP contribution is 2.16. The van der Waals surface area contributed by atoms with E-state index in [1.54, 1.807) is 20.8 Å². The summed E-state index contributed by atoms with van der Waals surface area (Å²) < 4.78 is 11.1. The number of carbonyl (C=O) groups excluding carboxylic acids is 2. The Kier molecular flexibility index (Phi) is 6.16. The Morgan fingerprint density at radius 2 is 1.73 bits per heavy atom. The van der Waals surface area contributed by atoms with E-state index in [0.717, 1.165) is 5.56 Å². The van der Waals surface area contributed by atoms with E-state index in [4.69, 9.17) is 9.47 Å². The van der Waals surface area contributed by atoms with E-state index in [-0.39, 0.29) is 6.61 Å². The number of rotatable bonds is 5. The molecule has 7 nitrogen and oxygen atoms in total. The molecular weight excluding hydrogens is 336 g/mol. The van der Waals surface area contributed by atoms with Crippen molar-refractivity contribution in [3.63, 3.8) is 0 Å². The van der Waals surface area contributed by atoms with Crippen molar-refractivity contribution in [2.75, 3.05) is 0 Å². The Bertz CT molecular complexity index is 739. The van der Waals surface area contributed by atoms with Crippen LogP contribution in [-0.4, -0.2) is 17.7 Å². The lowest BCUT2D eigenvalue weighted by Crippen LogP contribution is -2.39. The first-order chi connectivity index (χ1) is 12.2. The SMILES string of the molecule is CC(C)(C)OC(=O)NC(C(=O)OCc1ccccc1)c1cc[n+]([O-])cc1. The smallest absolute Gasteiger partial charge is 0.408 e. The summed E-state index contributed by atoms with van der Waals surface area (Å²) in [6.45, 7) is 5.23. The third-order valence-electron chi connectivity index (χ3n) is 3.28. The fraction of sp³-hybridized carbons (Fsp3) is 0.316. The number of hydrogen-bond donors (Lipinski definition) is 1.